The van der Waals surface area contributed by atoms with E-state index in [0.29, 0.717) is 22.8 Å². The van der Waals surface area contributed by atoms with Gasteiger partial charge in [-0.15, -0.1) is 0 Å². The molecule has 2 aromatic carbocycles. The second-order valence-corrected chi connectivity index (χ2v) is 6.79. The van der Waals surface area contributed by atoms with Gasteiger partial charge in [-0.05, 0) is 42.5 Å². The molecule has 0 aliphatic carbocycles. The fourth-order valence-corrected chi connectivity index (χ4v) is 3.10. The van der Waals surface area contributed by atoms with Crippen molar-refractivity contribution in [2.24, 2.45) is 0 Å². The molecule has 0 saturated heterocycles. The molecular weight excluding hydrogens is 432 g/mol. The van der Waals surface area contributed by atoms with Crippen LogP contribution in [0.2, 0.25) is 0 Å². The summed E-state index contributed by atoms with van der Waals surface area (Å²) in [5, 5.41) is 5.86. The molecule has 2 aromatic heterocycles. The van der Waals surface area contributed by atoms with Crippen LogP contribution in [0.1, 0.15) is 0 Å². The minimum absolute atomic E-state index is 0.227. The summed E-state index contributed by atoms with van der Waals surface area (Å²) < 4.78 is 34.2. The van der Waals surface area contributed by atoms with Crippen LogP contribution in [0.25, 0.3) is 16.7 Å². The van der Waals surface area contributed by atoms with Crippen LogP contribution in [-0.4, -0.2) is 27.5 Å². The molecule has 0 atom stereocenters. The number of ether oxygens (including phenoxy) is 1. The summed E-state index contributed by atoms with van der Waals surface area (Å²) in [6.07, 6.45) is 2.59. The predicted molar refractivity (Wildman–Crippen MR) is 120 cm³/mol. The maximum absolute atomic E-state index is 14.2. The van der Waals surface area contributed by atoms with Gasteiger partial charge in [0, 0.05) is 30.4 Å². The summed E-state index contributed by atoms with van der Waals surface area (Å²) in [5.41, 5.74) is 0.367. The third kappa shape index (κ3) is 4.40. The number of carbonyl (C=O) groups excluding carboxylic acids is 1. The lowest BCUT2D eigenvalue weighted by atomic mass is 10.2. The fourth-order valence-electron chi connectivity index (χ4n) is 3.10. The summed E-state index contributed by atoms with van der Waals surface area (Å²) in [6, 6.07) is 10.6. The molecule has 0 saturated carbocycles. The Bertz CT molecular complexity index is 1450. The number of pyridine rings is 1. The Labute approximate surface area is 186 Å². The lowest BCUT2D eigenvalue weighted by Crippen LogP contribution is -2.21. The van der Waals surface area contributed by atoms with E-state index in [2.05, 4.69) is 27.2 Å². The van der Waals surface area contributed by atoms with Crippen molar-refractivity contribution in [3.05, 3.63) is 89.4 Å². The van der Waals surface area contributed by atoms with Gasteiger partial charge in [0.25, 0.3) is 5.56 Å². The van der Waals surface area contributed by atoms with Crippen molar-refractivity contribution in [3.63, 3.8) is 0 Å². The van der Waals surface area contributed by atoms with E-state index in [1.807, 2.05) is 0 Å². The second-order valence-electron chi connectivity index (χ2n) is 6.79. The molecule has 8 nitrogen and oxygen atoms in total. The number of hydrogen-bond donors (Lipinski definition) is 2. The molecular formula is C23H17F2N5O3. The number of nitrogens with zero attached hydrogens (tertiary/aromatic N) is 3. The predicted octanol–water partition coefficient (Wildman–Crippen LogP) is 4.02. The summed E-state index contributed by atoms with van der Waals surface area (Å²) >= 11 is 0. The lowest BCUT2D eigenvalue weighted by molar-refractivity contribution is -0.111. The molecule has 0 fully saturated rings. The Morgan fingerprint density at radius 3 is 2.70 bits per heavy atom. The zero-order valence-corrected chi connectivity index (χ0v) is 17.3. The molecule has 4 aromatic rings. The fraction of sp³-hybridized carbons (Fsp3) is 0.0435. The molecule has 2 heterocycles. The van der Waals surface area contributed by atoms with E-state index >= 15 is 0 Å². The average molecular weight is 449 g/mol. The molecule has 0 radical (unpaired) electrons. The van der Waals surface area contributed by atoms with Gasteiger partial charge >= 0.3 is 0 Å². The van der Waals surface area contributed by atoms with Gasteiger partial charge < -0.3 is 15.4 Å². The van der Waals surface area contributed by atoms with Crippen LogP contribution in [0.4, 0.5) is 20.4 Å². The molecule has 0 unspecified atom stereocenters. The van der Waals surface area contributed by atoms with Crippen LogP contribution in [0.5, 0.6) is 11.5 Å². The van der Waals surface area contributed by atoms with Gasteiger partial charge in [-0.25, -0.2) is 13.8 Å². The number of halogens is 2. The molecule has 0 spiro atoms. The number of amides is 1. The van der Waals surface area contributed by atoms with E-state index in [4.69, 9.17) is 4.74 Å². The van der Waals surface area contributed by atoms with Crippen molar-refractivity contribution in [3.8, 4) is 17.2 Å². The maximum Gasteiger partial charge on any atom is 0.299 e. The minimum atomic E-state index is -0.961. The SMILES string of the molecule is C=CC(=O)Nc1cccc(-n2c(=O)c(Oc3ccc(F)cc3F)cc3cnc(NC)nc32)c1. The topological polar surface area (TPSA) is 98.1 Å². The Morgan fingerprint density at radius 1 is 1.15 bits per heavy atom. The summed E-state index contributed by atoms with van der Waals surface area (Å²) in [6.45, 7) is 3.41. The lowest BCUT2D eigenvalue weighted by Gasteiger charge is -2.14. The zero-order valence-electron chi connectivity index (χ0n) is 17.3. The first-order valence-electron chi connectivity index (χ1n) is 9.67. The van der Waals surface area contributed by atoms with Crippen LogP contribution in [0.3, 0.4) is 0 Å². The van der Waals surface area contributed by atoms with Crippen molar-refractivity contribution < 1.29 is 18.3 Å². The van der Waals surface area contributed by atoms with Gasteiger partial charge in [0.15, 0.2) is 23.0 Å². The number of carbonyl (C=O) groups is 1. The van der Waals surface area contributed by atoms with E-state index < -0.39 is 23.1 Å². The molecule has 10 heteroatoms. The summed E-state index contributed by atoms with van der Waals surface area (Å²) in [7, 11) is 1.63. The van der Waals surface area contributed by atoms with E-state index in [1.165, 1.54) is 16.8 Å². The van der Waals surface area contributed by atoms with Gasteiger partial charge in [-0.2, -0.15) is 4.98 Å². The summed E-state index contributed by atoms with van der Waals surface area (Å²) in [5.74, 6) is -2.44. The Balaban J connectivity index is 1.92. The Morgan fingerprint density at radius 2 is 1.97 bits per heavy atom. The van der Waals surface area contributed by atoms with E-state index in [0.717, 1.165) is 18.2 Å². The average Bonchev–Trinajstić information content (AvgIpc) is 2.81. The first kappa shape index (κ1) is 21.6. The number of hydrogen-bond acceptors (Lipinski definition) is 6. The second kappa shape index (κ2) is 8.87. The molecule has 0 aliphatic heterocycles. The highest BCUT2D eigenvalue weighted by Crippen LogP contribution is 2.27. The van der Waals surface area contributed by atoms with Crippen LogP contribution in [0.15, 0.2) is 72.2 Å². The van der Waals surface area contributed by atoms with E-state index in [-0.39, 0.29) is 23.1 Å². The Kier molecular flexibility index (Phi) is 5.81. The summed E-state index contributed by atoms with van der Waals surface area (Å²) in [4.78, 5) is 33.6. The smallest absolute Gasteiger partial charge is 0.299 e. The zero-order chi connectivity index (χ0) is 23.5. The third-order valence-electron chi connectivity index (χ3n) is 4.60. The normalized spacial score (nSPS) is 10.6. The quantitative estimate of drug-likeness (QED) is 0.432. The minimum Gasteiger partial charge on any atom is -0.448 e. The van der Waals surface area contributed by atoms with Gasteiger partial charge in [0.2, 0.25) is 11.9 Å². The molecule has 0 bridgehead atoms. The largest absolute Gasteiger partial charge is 0.448 e. The van der Waals surface area contributed by atoms with Crippen LogP contribution in [0, 0.1) is 11.6 Å². The molecule has 166 valence electrons. The molecule has 0 aliphatic rings. The first-order valence-corrected chi connectivity index (χ1v) is 9.67. The third-order valence-corrected chi connectivity index (χ3v) is 4.60. The van der Waals surface area contributed by atoms with E-state index in [9.17, 15) is 18.4 Å². The van der Waals surface area contributed by atoms with E-state index in [1.54, 1.807) is 31.3 Å². The van der Waals surface area contributed by atoms with Crippen molar-refractivity contribution in [1.82, 2.24) is 14.5 Å². The van der Waals surface area contributed by atoms with Gasteiger partial charge in [0.05, 0.1) is 5.69 Å². The standard InChI is InChI=1S/C23H17F2N5O3/c1-3-20(31)28-15-5-4-6-16(11-15)30-21-13(12-27-23(26-2)29-21)9-19(22(30)32)33-18-8-7-14(24)10-17(18)25/h3-12H,1H2,2H3,(H,28,31)(H,26,27,29). The van der Waals surface area contributed by atoms with Crippen molar-refractivity contribution in [2.45, 2.75) is 0 Å². The van der Waals surface area contributed by atoms with Gasteiger partial charge in [-0.1, -0.05) is 12.6 Å². The molecule has 33 heavy (non-hydrogen) atoms. The van der Waals surface area contributed by atoms with Crippen molar-refractivity contribution in [2.75, 3.05) is 17.7 Å². The number of rotatable bonds is 6. The number of benzene rings is 2. The molecule has 2 N–H and O–H groups in total. The molecule has 4 rings (SSSR count). The molecule has 1 amide bonds. The monoisotopic (exact) mass is 449 g/mol. The van der Waals surface area contributed by atoms with Crippen molar-refractivity contribution in [1.29, 1.82) is 0 Å². The van der Waals surface area contributed by atoms with Crippen LogP contribution >= 0.6 is 0 Å². The first-order chi connectivity index (χ1) is 15.9. The number of fused-ring (bicyclic) bond motifs is 1. The number of aromatic nitrogens is 3. The number of nitrogens with one attached hydrogen (secondary N) is 2. The highest BCUT2D eigenvalue weighted by molar-refractivity contribution is 5.99. The highest BCUT2D eigenvalue weighted by Gasteiger charge is 2.17. The number of anilines is 2. The maximum atomic E-state index is 14.2. The van der Waals surface area contributed by atoms with Gasteiger partial charge in [-0.3, -0.25) is 14.2 Å². The van der Waals surface area contributed by atoms with Crippen LogP contribution in [-0.2, 0) is 4.79 Å². The Hall–Kier alpha value is -4.60. The van der Waals surface area contributed by atoms with Crippen molar-refractivity contribution >= 4 is 28.6 Å². The van der Waals surface area contributed by atoms with Gasteiger partial charge in [0.1, 0.15) is 5.82 Å². The highest BCUT2D eigenvalue weighted by atomic mass is 19.1. The van der Waals surface area contributed by atoms with Crippen LogP contribution < -0.4 is 20.9 Å².